The van der Waals surface area contributed by atoms with Gasteiger partial charge in [0.1, 0.15) is 0 Å². The average molecular weight is 309 g/mol. The molecule has 2 aliphatic carbocycles. The predicted octanol–water partition coefficient (Wildman–Crippen LogP) is 2.69. The molecule has 3 aliphatic rings. The zero-order valence-electron chi connectivity index (χ0n) is 13.9. The predicted molar refractivity (Wildman–Crippen MR) is 80.6 cm³/mol. The molecular formula is C17H27NO4. The summed E-state index contributed by atoms with van der Waals surface area (Å²) in [7, 11) is 0. The minimum atomic E-state index is -1.13. The van der Waals surface area contributed by atoms with Gasteiger partial charge >= 0.3 is 5.97 Å². The van der Waals surface area contributed by atoms with Gasteiger partial charge in [-0.1, -0.05) is 27.2 Å². The van der Waals surface area contributed by atoms with E-state index >= 15 is 0 Å². The van der Waals surface area contributed by atoms with E-state index in [2.05, 4.69) is 20.8 Å². The van der Waals surface area contributed by atoms with E-state index in [1.54, 1.807) is 5.06 Å². The molecule has 0 aromatic rings. The van der Waals surface area contributed by atoms with Crippen LogP contribution in [0.15, 0.2) is 0 Å². The molecule has 3 atom stereocenters. The summed E-state index contributed by atoms with van der Waals surface area (Å²) in [6.07, 6.45) is 5.83. The molecule has 1 heterocycles. The molecule has 2 bridgehead atoms. The van der Waals surface area contributed by atoms with Crippen LogP contribution in [0.1, 0.15) is 59.3 Å². The van der Waals surface area contributed by atoms with E-state index in [0.29, 0.717) is 18.8 Å². The van der Waals surface area contributed by atoms with Crippen molar-refractivity contribution in [1.82, 2.24) is 5.06 Å². The van der Waals surface area contributed by atoms with E-state index < -0.39 is 5.60 Å². The number of ether oxygens (including phenoxy) is 1. The number of rotatable bonds is 4. The van der Waals surface area contributed by atoms with Gasteiger partial charge in [0.2, 0.25) is 5.60 Å². The molecule has 3 unspecified atom stereocenters. The fourth-order valence-corrected chi connectivity index (χ4v) is 5.01. The molecule has 0 radical (unpaired) electrons. The minimum absolute atomic E-state index is 0.0308. The first-order valence-electron chi connectivity index (χ1n) is 8.46. The lowest BCUT2D eigenvalue weighted by Gasteiger charge is -2.45. The second-order valence-electron chi connectivity index (χ2n) is 7.90. The van der Waals surface area contributed by atoms with Crippen LogP contribution in [0.4, 0.5) is 0 Å². The van der Waals surface area contributed by atoms with Gasteiger partial charge in [0.05, 0.1) is 0 Å². The minimum Gasteiger partial charge on any atom is -0.449 e. The lowest BCUT2D eigenvalue weighted by Crippen LogP contribution is -2.57. The summed E-state index contributed by atoms with van der Waals surface area (Å²) in [4.78, 5) is 29.8. The molecule has 3 fully saturated rings. The molecule has 0 aromatic heterocycles. The zero-order valence-corrected chi connectivity index (χ0v) is 13.9. The summed E-state index contributed by atoms with van der Waals surface area (Å²) in [5, 5.41) is 1.74. The highest BCUT2D eigenvalue weighted by atomic mass is 16.7. The number of carbonyl (C=O) groups is 2. The third-order valence-corrected chi connectivity index (χ3v) is 6.97. The number of hydrogen-bond donors (Lipinski definition) is 0. The Hall–Kier alpha value is -1.10. The van der Waals surface area contributed by atoms with Crippen molar-refractivity contribution in [2.45, 2.75) is 64.9 Å². The van der Waals surface area contributed by atoms with Gasteiger partial charge in [0, 0.05) is 24.9 Å². The molecule has 3 rings (SSSR count). The van der Waals surface area contributed by atoms with E-state index in [0.717, 1.165) is 38.8 Å². The SMILES string of the molecule is CC1(C)C2CCC1(C)C(OC=O)(C(=O)ON1CCCCC1)C2. The Kier molecular flexibility index (Phi) is 3.75. The van der Waals surface area contributed by atoms with Crippen LogP contribution in [0.2, 0.25) is 0 Å². The van der Waals surface area contributed by atoms with E-state index in [1.807, 2.05) is 0 Å². The highest BCUT2D eigenvalue weighted by molar-refractivity contribution is 5.83. The summed E-state index contributed by atoms with van der Waals surface area (Å²) in [5.74, 6) is 0.0191. The van der Waals surface area contributed by atoms with Crippen LogP contribution in [-0.4, -0.2) is 36.2 Å². The van der Waals surface area contributed by atoms with Gasteiger partial charge in [-0.2, -0.15) is 0 Å². The van der Waals surface area contributed by atoms with Crippen LogP contribution in [0, 0.1) is 16.7 Å². The molecule has 0 aromatic carbocycles. The monoisotopic (exact) mass is 309 g/mol. The highest BCUT2D eigenvalue weighted by Gasteiger charge is 2.74. The topological polar surface area (TPSA) is 55.8 Å². The van der Waals surface area contributed by atoms with Crippen LogP contribution < -0.4 is 0 Å². The van der Waals surface area contributed by atoms with Crippen molar-refractivity contribution in [3.05, 3.63) is 0 Å². The summed E-state index contributed by atoms with van der Waals surface area (Å²) < 4.78 is 5.48. The van der Waals surface area contributed by atoms with Gasteiger partial charge in [0.15, 0.2) is 0 Å². The van der Waals surface area contributed by atoms with Gasteiger partial charge in [-0.3, -0.25) is 4.79 Å². The molecule has 0 spiro atoms. The summed E-state index contributed by atoms with van der Waals surface area (Å²) >= 11 is 0. The number of hydrogen-bond acceptors (Lipinski definition) is 5. The lowest BCUT2D eigenvalue weighted by molar-refractivity contribution is -0.231. The molecule has 22 heavy (non-hydrogen) atoms. The standard InChI is InChI=1S/C17H27NO4/c1-15(2)13-7-8-16(15,3)17(11-13,21-12-19)14(20)22-18-9-5-4-6-10-18/h12-13H,4-11H2,1-3H3. The van der Waals surface area contributed by atoms with Gasteiger partial charge in [-0.25, -0.2) is 4.79 Å². The van der Waals surface area contributed by atoms with Crippen LogP contribution in [0.3, 0.4) is 0 Å². The van der Waals surface area contributed by atoms with Gasteiger partial charge < -0.3 is 9.57 Å². The van der Waals surface area contributed by atoms with Crippen molar-refractivity contribution in [1.29, 1.82) is 0 Å². The maximum Gasteiger partial charge on any atom is 0.370 e. The number of fused-ring (bicyclic) bond motifs is 2. The molecule has 0 N–H and O–H groups in total. The lowest BCUT2D eigenvalue weighted by atomic mass is 9.64. The highest BCUT2D eigenvalue weighted by Crippen LogP contribution is 2.70. The van der Waals surface area contributed by atoms with Crippen LogP contribution >= 0.6 is 0 Å². The maximum absolute atomic E-state index is 13.0. The molecular weight excluding hydrogens is 282 g/mol. The van der Waals surface area contributed by atoms with Crippen molar-refractivity contribution in [2.24, 2.45) is 16.7 Å². The number of piperidine rings is 1. The summed E-state index contributed by atoms with van der Waals surface area (Å²) in [5.41, 5.74) is -1.52. The zero-order chi connectivity index (χ0) is 16.0. The van der Waals surface area contributed by atoms with Gasteiger partial charge in [-0.15, -0.1) is 5.06 Å². The summed E-state index contributed by atoms with van der Waals surface area (Å²) in [6.45, 7) is 8.43. The van der Waals surface area contributed by atoms with Crippen LogP contribution in [0.25, 0.3) is 0 Å². The molecule has 124 valence electrons. The Morgan fingerprint density at radius 2 is 1.86 bits per heavy atom. The molecule has 5 nitrogen and oxygen atoms in total. The van der Waals surface area contributed by atoms with E-state index in [4.69, 9.17) is 9.57 Å². The van der Waals surface area contributed by atoms with Crippen LogP contribution in [-0.2, 0) is 19.2 Å². The number of nitrogens with zero attached hydrogens (tertiary/aromatic N) is 1. The third kappa shape index (κ3) is 1.94. The average Bonchev–Trinajstić information content (AvgIpc) is 2.81. The fraction of sp³-hybridized carbons (Fsp3) is 0.882. The number of carbonyl (C=O) groups excluding carboxylic acids is 2. The molecule has 0 amide bonds. The normalized spacial score (nSPS) is 40.4. The second-order valence-corrected chi connectivity index (χ2v) is 7.90. The van der Waals surface area contributed by atoms with Crippen molar-refractivity contribution in [3.63, 3.8) is 0 Å². The van der Waals surface area contributed by atoms with E-state index in [9.17, 15) is 9.59 Å². The number of hydroxylamine groups is 2. The Bertz CT molecular complexity index is 471. The van der Waals surface area contributed by atoms with E-state index in [1.165, 1.54) is 6.42 Å². The Balaban J connectivity index is 1.86. The van der Waals surface area contributed by atoms with Crippen LogP contribution in [0.5, 0.6) is 0 Å². The van der Waals surface area contributed by atoms with Crippen molar-refractivity contribution in [3.8, 4) is 0 Å². The Labute approximate surface area is 132 Å². The smallest absolute Gasteiger partial charge is 0.370 e. The fourth-order valence-electron chi connectivity index (χ4n) is 5.01. The maximum atomic E-state index is 13.0. The van der Waals surface area contributed by atoms with Gasteiger partial charge in [0.25, 0.3) is 6.47 Å². The summed E-state index contributed by atoms with van der Waals surface area (Å²) in [6, 6.07) is 0. The molecule has 5 heteroatoms. The Morgan fingerprint density at radius 3 is 2.36 bits per heavy atom. The first-order valence-corrected chi connectivity index (χ1v) is 8.46. The van der Waals surface area contributed by atoms with Crippen molar-refractivity contribution < 1.29 is 19.2 Å². The molecule has 1 aliphatic heterocycles. The third-order valence-electron chi connectivity index (χ3n) is 6.97. The van der Waals surface area contributed by atoms with E-state index in [-0.39, 0.29) is 16.8 Å². The second kappa shape index (κ2) is 5.22. The first kappa shape index (κ1) is 15.8. The molecule has 2 saturated carbocycles. The van der Waals surface area contributed by atoms with Gasteiger partial charge in [-0.05, 0) is 37.0 Å². The van der Waals surface area contributed by atoms with Crippen molar-refractivity contribution >= 4 is 12.4 Å². The first-order chi connectivity index (χ1) is 10.4. The largest absolute Gasteiger partial charge is 0.449 e. The molecule has 1 saturated heterocycles. The van der Waals surface area contributed by atoms with Crippen molar-refractivity contribution in [2.75, 3.05) is 13.1 Å². The quantitative estimate of drug-likeness (QED) is 0.747. The Morgan fingerprint density at radius 1 is 1.18 bits per heavy atom.